The fraction of sp³-hybridized carbons (Fsp3) is 0.0645. The van der Waals surface area contributed by atoms with Crippen LogP contribution in [0.3, 0.4) is 0 Å². The number of hydrogen-bond donors (Lipinski definition) is 3. The van der Waals surface area contributed by atoms with Gasteiger partial charge in [0, 0.05) is 16.1 Å². The van der Waals surface area contributed by atoms with Gasteiger partial charge >= 0.3 is 0 Å². The Hall–Kier alpha value is -4.24. The van der Waals surface area contributed by atoms with Crippen molar-refractivity contribution in [3.63, 3.8) is 0 Å². The lowest BCUT2D eigenvalue weighted by molar-refractivity contribution is -0.114. The molecule has 0 aliphatic carbocycles. The zero-order valence-electron chi connectivity index (χ0n) is 21.8. The summed E-state index contributed by atoms with van der Waals surface area (Å²) in [5, 5.41) is 8.91. The summed E-state index contributed by atoms with van der Waals surface area (Å²) in [6.45, 7) is 0. The van der Waals surface area contributed by atoms with Gasteiger partial charge < -0.3 is 20.7 Å². The van der Waals surface area contributed by atoms with E-state index in [4.69, 9.17) is 27.9 Å². The molecule has 0 heterocycles. The molecule has 4 aromatic rings. The van der Waals surface area contributed by atoms with Crippen molar-refractivity contribution in [1.29, 1.82) is 0 Å². The van der Waals surface area contributed by atoms with E-state index in [-0.39, 0.29) is 22.4 Å². The highest BCUT2D eigenvalue weighted by Crippen LogP contribution is 2.30. The molecule has 0 saturated carbocycles. The van der Waals surface area contributed by atoms with Crippen LogP contribution in [0.15, 0.2) is 108 Å². The number of thioether (sulfide) groups is 1. The minimum absolute atomic E-state index is 0.0554. The van der Waals surface area contributed by atoms with E-state index in [0.29, 0.717) is 33.3 Å². The minimum atomic E-state index is -0.513. The van der Waals surface area contributed by atoms with E-state index < -0.39 is 11.8 Å². The molecule has 0 fully saturated rings. The van der Waals surface area contributed by atoms with Crippen molar-refractivity contribution in [2.75, 3.05) is 23.5 Å². The third kappa shape index (κ3) is 8.62. The van der Waals surface area contributed by atoms with E-state index in [1.807, 2.05) is 6.07 Å². The van der Waals surface area contributed by atoms with Gasteiger partial charge in [0.1, 0.15) is 11.4 Å². The number of rotatable bonds is 10. The van der Waals surface area contributed by atoms with E-state index in [2.05, 4.69) is 16.0 Å². The molecule has 0 bridgehead atoms. The number of hydrogen-bond acceptors (Lipinski definition) is 5. The monoisotopic (exact) mass is 605 g/mol. The molecule has 0 aliphatic rings. The first-order chi connectivity index (χ1) is 19.8. The molecule has 0 saturated heterocycles. The molecule has 0 spiro atoms. The summed E-state index contributed by atoms with van der Waals surface area (Å²) in [5.41, 5.74) is 2.09. The summed E-state index contributed by atoms with van der Waals surface area (Å²) in [5.74, 6) is -0.422. The number of carbonyl (C=O) groups excluding carboxylic acids is 3. The first-order valence-corrected chi connectivity index (χ1v) is 14.1. The number of methoxy groups -OCH3 is 1. The molecule has 208 valence electrons. The highest BCUT2D eigenvalue weighted by atomic mass is 35.5. The van der Waals surface area contributed by atoms with E-state index in [1.165, 1.54) is 11.8 Å². The fourth-order valence-corrected chi connectivity index (χ4v) is 4.71. The summed E-state index contributed by atoms with van der Waals surface area (Å²) in [6.07, 6.45) is 1.58. The van der Waals surface area contributed by atoms with Crippen molar-refractivity contribution < 1.29 is 19.1 Å². The Labute approximate surface area is 251 Å². The highest BCUT2D eigenvalue weighted by Gasteiger charge is 2.16. The van der Waals surface area contributed by atoms with Gasteiger partial charge in [-0.25, -0.2) is 0 Å². The lowest BCUT2D eigenvalue weighted by Crippen LogP contribution is -2.30. The fourth-order valence-electron chi connectivity index (χ4n) is 3.61. The maximum Gasteiger partial charge on any atom is 0.272 e. The van der Waals surface area contributed by atoms with Crippen LogP contribution in [0.1, 0.15) is 15.9 Å². The summed E-state index contributed by atoms with van der Waals surface area (Å²) in [4.78, 5) is 39.4. The van der Waals surface area contributed by atoms with Crippen LogP contribution < -0.4 is 20.7 Å². The smallest absolute Gasteiger partial charge is 0.272 e. The molecule has 0 radical (unpaired) electrons. The first-order valence-electron chi connectivity index (χ1n) is 12.3. The maximum atomic E-state index is 13.3. The summed E-state index contributed by atoms with van der Waals surface area (Å²) in [7, 11) is 1.57. The normalized spacial score (nSPS) is 11.0. The lowest BCUT2D eigenvalue weighted by atomic mass is 10.1. The second-order valence-corrected chi connectivity index (χ2v) is 10.4. The molecule has 4 aromatic carbocycles. The summed E-state index contributed by atoms with van der Waals surface area (Å²) >= 11 is 13.4. The van der Waals surface area contributed by atoms with Gasteiger partial charge in [0.2, 0.25) is 5.91 Å². The lowest BCUT2D eigenvalue weighted by Gasteiger charge is -2.12. The molecular weight excluding hydrogens is 581 g/mol. The number of anilines is 2. The van der Waals surface area contributed by atoms with Gasteiger partial charge in [-0.3, -0.25) is 14.4 Å². The Kier molecular flexibility index (Phi) is 10.5. The minimum Gasteiger partial charge on any atom is -0.497 e. The Balaban J connectivity index is 1.46. The molecule has 10 heteroatoms. The van der Waals surface area contributed by atoms with Gasteiger partial charge in [0.15, 0.2) is 0 Å². The van der Waals surface area contributed by atoms with Crippen molar-refractivity contribution in [1.82, 2.24) is 5.32 Å². The van der Waals surface area contributed by atoms with Crippen LogP contribution in [0.5, 0.6) is 5.75 Å². The van der Waals surface area contributed by atoms with Gasteiger partial charge in [0.25, 0.3) is 11.8 Å². The van der Waals surface area contributed by atoms with Crippen molar-refractivity contribution in [2.45, 2.75) is 4.90 Å². The van der Waals surface area contributed by atoms with Gasteiger partial charge in [-0.15, -0.1) is 11.8 Å². The number of ether oxygens (including phenoxy) is 1. The van der Waals surface area contributed by atoms with Crippen LogP contribution in [0.25, 0.3) is 6.08 Å². The molecule has 0 aromatic heterocycles. The standard InChI is InChI=1S/C31H25Cl2N3O4S/c1-40-23-15-13-20(14-16-23)17-27(36-30(38)21-7-3-2-4-8-21)31(39)34-22-9-5-10-24(18-22)41-19-28(37)35-26-12-6-11-25(32)29(26)33/h2-18H,19H2,1H3,(H,34,39)(H,35,37)(H,36,38)/b27-17+. The van der Waals surface area contributed by atoms with Crippen molar-refractivity contribution >= 4 is 70.1 Å². The van der Waals surface area contributed by atoms with Crippen LogP contribution in [0.2, 0.25) is 10.0 Å². The van der Waals surface area contributed by atoms with Crippen LogP contribution in [0.4, 0.5) is 11.4 Å². The molecule has 3 amide bonds. The van der Waals surface area contributed by atoms with Crippen LogP contribution >= 0.6 is 35.0 Å². The Morgan fingerprint density at radius 3 is 2.32 bits per heavy atom. The van der Waals surface area contributed by atoms with Gasteiger partial charge in [0.05, 0.1) is 28.6 Å². The second-order valence-electron chi connectivity index (χ2n) is 8.57. The Morgan fingerprint density at radius 1 is 0.854 bits per heavy atom. The molecule has 0 unspecified atom stereocenters. The second kappa shape index (κ2) is 14.4. The SMILES string of the molecule is COc1ccc(/C=C(/NC(=O)c2ccccc2)C(=O)Nc2cccc(SCC(=O)Nc3cccc(Cl)c3Cl)c2)cc1. The molecule has 4 rings (SSSR count). The van der Waals surface area contributed by atoms with Crippen LogP contribution in [0, 0.1) is 0 Å². The average molecular weight is 607 g/mol. The van der Waals surface area contributed by atoms with Crippen molar-refractivity contribution in [3.8, 4) is 5.75 Å². The molecule has 3 N–H and O–H groups in total. The Morgan fingerprint density at radius 2 is 1.59 bits per heavy atom. The molecule has 0 atom stereocenters. The van der Waals surface area contributed by atoms with E-state index in [0.717, 1.165) is 4.90 Å². The molecule has 0 aliphatic heterocycles. The van der Waals surface area contributed by atoms with E-state index >= 15 is 0 Å². The third-order valence-corrected chi connectivity index (χ3v) is 7.46. The van der Waals surface area contributed by atoms with Crippen LogP contribution in [-0.4, -0.2) is 30.6 Å². The third-order valence-electron chi connectivity index (χ3n) is 5.64. The van der Waals surface area contributed by atoms with E-state index in [1.54, 1.807) is 104 Å². The summed E-state index contributed by atoms with van der Waals surface area (Å²) in [6, 6.07) is 27.7. The number of carbonyl (C=O) groups is 3. The topological polar surface area (TPSA) is 96.5 Å². The number of benzene rings is 4. The zero-order chi connectivity index (χ0) is 29.2. The molecular formula is C31H25Cl2N3O4S. The van der Waals surface area contributed by atoms with Crippen molar-refractivity contribution in [2.24, 2.45) is 0 Å². The molecule has 41 heavy (non-hydrogen) atoms. The van der Waals surface area contributed by atoms with Gasteiger partial charge in [-0.05, 0) is 66.2 Å². The predicted molar refractivity (Wildman–Crippen MR) is 166 cm³/mol. The average Bonchev–Trinajstić information content (AvgIpc) is 2.99. The largest absolute Gasteiger partial charge is 0.497 e. The number of nitrogens with one attached hydrogen (secondary N) is 3. The Bertz CT molecular complexity index is 1580. The first kappa shape index (κ1) is 29.7. The van der Waals surface area contributed by atoms with Gasteiger partial charge in [-0.2, -0.15) is 0 Å². The van der Waals surface area contributed by atoms with Gasteiger partial charge in [-0.1, -0.05) is 65.7 Å². The van der Waals surface area contributed by atoms with Crippen molar-refractivity contribution in [3.05, 3.63) is 124 Å². The quantitative estimate of drug-likeness (QED) is 0.132. The maximum absolute atomic E-state index is 13.3. The molecule has 7 nitrogen and oxygen atoms in total. The zero-order valence-corrected chi connectivity index (χ0v) is 24.1. The van der Waals surface area contributed by atoms with Crippen LogP contribution in [-0.2, 0) is 9.59 Å². The number of amides is 3. The predicted octanol–water partition coefficient (Wildman–Crippen LogP) is 7.14. The summed E-state index contributed by atoms with van der Waals surface area (Å²) < 4.78 is 5.20. The number of halogens is 2. The highest BCUT2D eigenvalue weighted by molar-refractivity contribution is 8.00. The van der Waals surface area contributed by atoms with E-state index in [9.17, 15) is 14.4 Å².